The highest BCUT2D eigenvalue weighted by Gasteiger charge is 2.42. The molecule has 0 aliphatic carbocycles. The maximum Gasteiger partial charge on any atom is 0.327 e. The topological polar surface area (TPSA) is 83.9 Å². The largest absolute Gasteiger partial charge is 0.493 e. The van der Waals surface area contributed by atoms with Crippen molar-refractivity contribution in [2.45, 2.75) is 12.5 Å². The van der Waals surface area contributed by atoms with Gasteiger partial charge in [-0.15, -0.1) is 0 Å². The van der Waals surface area contributed by atoms with Crippen LogP contribution in [0.1, 0.15) is 27.1 Å². The highest BCUT2D eigenvalue weighted by molar-refractivity contribution is 6.22. The van der Waals surface area contributed by atoms with Crippen LogP contribution < -0.4 is 4.74 Å². The number of hydrogen-bond donors (Lipinski definition) is 1. The average Bonchev–Trinajstić information content (AvgIpc) is 2.96. The summed E-state index contributed by atoms with van der Waals surface area (Å²) in [5, 5.41) is 11.5. The minimum Gasteiger partial charge on any atom is -0.493 e. The van der Waals surface area contributed by atoms with Gasteiger partial charge in [0.15, 0.2) is 0 Å². The number of amides is 2. The molecule has 1 atom stereocenters. The van der Waals surface area contributed by atoms with Crippen molar-refractivity contribution >= 4 is 28.6 Å². The molecule has 1 N–H and O–H groups in total. The highest BCUT2D eigenvalue weighted by Crippen LogP contribution is 2.27. The Labute approximate surface area is 161 Å². The molecular formula is C22H17NO5. The fourth-order valence-corrected chi connectivity index (χ4v) is 3.46. The molecule has 2 amide bonds. The van der Waals surface area contributed by atoms with Crippen LogP contribution in [0.25, 0.3) is 10.8 Å². The molecule has 0 aromatic heterocycles. The summed E-state index contributed by atoms with van der Waals surface area (Å²) >= 11 is 0. The van der Waals surface area contributed by atoms with E-state index in [1.807, 2.05) is 36.4 Å². The number of carbonyl (C=O) groups is 3. The van der Waals surface area contributed by atoms with E-state index in [9.17, 15) is 19.5 Å². The lowest BCUT2D eigenvalue weighted by molar-refractivity contribution is -0.142. The third kappa shape index (κ3) is 2.99. The standard InChI is InChI=1S/C22H17NO5/c24-20-16-9-3-4-10-17(16)21(25)23(20)18(22(26)27)12-13-28-19-11-5-7-14-6-1-2-8-15(14)19/h1-11,18H,12-13H2,(H,26,27). The van der Waals surface area contributed by atoms with E-state index in [1.165, 1.54) is 12.1 Å². The van der Waals surface area contributed by atoms with E-state index in [0.717, 1.165) is 15.7 Å². The monoisotopic (exact) mass is 375 g/mol. The Morgan fingerprint density at radius 3 is 2.18 bits per heavy atom. The molecule has 4 rings (SSSR count). The van der Waals surface area contributed by atoms with Gasteiger partial charge < -0.3 is 9.84 Å². The second-order valence-corrected chi connectivity index (χ2v) is 6.49. The first-order valence-corrected chi connectivity index (χ1v) is 8.88. The Morgan fingerprint density at radius 2 is 1.50 bits per heavy atom. The molecule has 1 unspecified atom stereocenters. The van der Waals surface area contributed by atoms with Crippen LogP contribution in [0.3, 0.4) is 0 Å². The van der Waals surface area contributed by atoms with Gasteiger partial charge in [0.1, 0.15) is 11.8 Å². The molecule has 0 saturated carbocycles. The van der Waals surface area contributed by atoms with Crippen molar-refractivity contribution in [3.63, 3.8) is 0 Å². The summed E-state index contributed by atoms with van der Waals surface area (Å²) in [5.41, 5.74) is 0.461. The maximum absolute atomic E-state index is 12.6. The van der Waals surface area contributed by atoms with Gasteiger partial charge in [-0.2, -0.15) is 0 Å². The second kappa shape index (κ2) is 7.15. The molecule has 0 saturated heterocycles. The van der Waals surface area contributed by atoms with E-state index >= 15 is 0 Å². The minimum absolute atomic E-state index is 0.00990. The zero-order valence-electron chi connectivity index (χ0n) is 14.9. The van der Waals surface area contributed by atoms with Gasteiger partial charge in [0.2, 0.25) is 0 Å². The third-order valence-electron chi connectivity index (χ3n) is 4.82. The first-order chi connectivity index (χ1) is 13.6. The van der Waals surface area contributed by atoms with Gasteiger partial charge in [0.25, 0.3) is 11.8 Å². The minimum atomic E-state index is -1.29. The zero-order chi connectivity index (χ0) is 19.7. The van der Waals surface area contributed by atoms with Crippen molar-refractivity contribution in [1.82, 2.24) is 4.90 Å². The Morgan fingerprint density at radius 1 is 0.893 bits per heavy atom. The molecule has 1 aliphatic heterocycles. The van der Waals surface area contributed by atoms with Gasteiger partial charge in [0.05, 0.1) is 17.7 Å². The van der Waals surface area contributed by atoms with Crippen molar-refractivity contribution < 1.29 is 24.2 Å². The van der Waals surface area contributed by atoms with Crippen LogP contribution >= 0.6 is 0 Å². The molecular weight excluding hydrogens is 358 g/mol. The number of carbonyl (C=O) groups excluding carboxylic acids is 2. The van der Waals surface area contributed by atoms with E-state index in [-0.39, 0.29) is 24.2 Å². The summed E-state index contributed by atoms with van der Waals surface area (Å²) in [6.07, 6.45) is -0.00990. The molecule has 1 aliphatic rings. The van der Waals surface area contributed by atoms with Crippen molar-refractivity contribution in [3.05, 3.63) is 77.9 Å². The number of rotatable bonds is 6. The number of aliphatic carboxylic acids is 1. The van der Waals surface area contributed by atoms with Crippen LogP contribution in [-0.2, 0) is 4.79 Å². The number of fused-ring (bicyclic) bond motifs is 2. The Kier molecular flexibility index (Phi) is 4.53. The van der Waals surface area contributed by atoms with Crippen LogP contribution in [0.5, 0.6) is 5.75 Å². The molecule has 0 spiro atoms. The van der Waals surface area contributed by atoms with E-state index in [0.29, 0.717) is 5.75 Å². The predicted octanol–water partition coefficient (Wildman–Crippen LogP) is 3.36. The molecule has 28 heavy (non-hydrogen) atoms. The maximum atomic E-state index is 12.6. The molecule has 1 heterocycles. The smallest absolute Gasteiger partial charge is 0.327 e. The number of benzene rings is 3. The van der Waals surface area contributed by atoms with Gasteiger partial charge in [0, 0.05) is 11.8 Å². The molecule has 3 aromatic carbocycles. The first kappa shape index (κ1) is 17.7. The van der Waals surface area contributed by atoms with Crippen molar-refractivity contribution in [2.24, 2.45) is 0 Å². The summed E-state index contributed by atoms with van der Waals surface area (Å²) in [6, 6.07) is 18.4. The van der Waals surface area contributed by atoms with Crippen LogP contribution in [0.4, 0.5) is 0 Å². The zero-order valence-corrected chi connectivity index (χ0v) is 14.9. The van der Waals surface area contributed by atoms with Gasteiger partial charge in [-0.3, -0.25) is 14.5 Å². The quantitative estimate of drug-likeness (QED) is 0.668. The SMILES string of the molecule is O=C(O)C(CCOc1cccc2ccccc12)N1C(=O)c2ccccc2C1=O. The molecule has 140 valence electrons. The number of carboxylic acid groups (broad SMARTS) is 1. The molecule has 0 fully saturated rings. The number of nitrogens with zero attached hydrogens (tertiary/aromatic N) is 1. The number of carboxylic acids is 1. The lowest BCUT2D eigenvalue weighted by atomic mass is 10.1. The Bertz CT molecular complexity index is 1050. The van der Waals surface area contributed by atoms with Crippen molar-refractivity contribution in [3.8, 4) is 5.75 Å². The predicted molar refractivity (Wildman–Crippen MR) is 102 cm³/mol. The van der Waals surface area contributed by atoms with Gasteiger partial charge in [-0.25, -0.2) is 4.79 Å². The lowest BCUT2D eigenvalue weighted by Crippen LogP contribution is -2.45. The molecule has 0 bridgehead atoms. The average molecular weight is 375 g/mol. The molecule has 6 nitrogen and oxygen atoms in total. The summed E-state index contributed by atoms with van der Waals surface area (Å²) in [5.74, 6) is -1.78. The third-order valence-corrected chi connectivity index (χ3v) is 4.82. The van der Waals surface area contributed by atoms with Crippen molar-refractivity contribution in [2.75, 3.05) is 6.61 Å². The van der Waals surface area contributed by atoms with Crippen molar-refractivity contribution in [1.29, 1.82) is 0 Å². The van der Waals surface area contributed by atoms with Crippen LogP contribution in [0.15, 0.2) is 66.7 Å². The first-order valence-electron chi connectivity index (χ1n) is 8.88. The van der Waals surface area contributed by atoms with Gasteiger partial charge >= 0.3 is 5.97 Å². The molecule has 3 aromatic rings. The Hall–Kier alpha value is -3.67. The summed E-state index contributed by atoms with van der Waals surface area (Å²) in [4.78, 5) is 37.7. The van der Waals surface area contributed by atoms with E-state index < -0.39 is 23.8 Å². The second-order valence-electron chi connectivity index (χ2n) is 6.49. The number of ether oxygens (including phenoxy) is 1. The summed E-state index contributed by atoms with van der Waals surface area (Å²) in [6.45, 7) is 0.0539. The molecule has 6 heteroatoms. The van der Waals surface area contributed by atoms with Gasteiger partial charge in [-0.1, -0.05) is 48.5 Å². The normalized spacial score (nSPS) is 14.2. The summed E-state index contributed by atoms with van der Waals surface area (Å²) in [7, 11) is 0. The van der Waals surface area contributed by atoms with Crippen LogP contribution in [0.2, 0.25) is 0 Å². The fourth-order valence-electron chi connectivity index (χ4n) is 3.46. The highest BCUT2D eigenvalue weighted by atomic mass is 16.5. The lowest BCUT2D eigenvalue weighted by Gasteiger charge is -2.22. The van der Waals surface area contributed by atoms with E-state index in [4.69, 9.17) is 4.74 Å². The van der Waals surface area contributed by atoms with E-state index in [1.54, 1.807) is 18.2 Å². The summed E-state index contributed by atoms with van der Waals surface area (Å²) < 4.78 is 5.79. The van der Waals surface area contributed by atoms with Crippen LogP contribution in [-0.4, -0.2) is 40.4 Å². The molecule has 0 radical (unpaired) electrons. The van der Waals surface area contributed by atoms with Crippen LogP contribution in [0, 0.1) is 0 Å². The Balaban J connectivity index is 1.52. The number of hydrogen-bond acceptors (Lipinski definition) is 4. The van der Waals surface area contributed by atoms with E-state index in [2.05, 4.69) is 0 Å². The number of imide groups is 1. The fraction of sp³-hybridized carbons (Fsp3) is 0.136. The van der Waals surface area contributed by atoms with Gasteiger partial charge in [-0.05, 0) is 23.6 Å².